The summed E-state index contributed by atoms with van der Waals surface area (Å²) in [6.07, 6.45) is 9.20. The summed E-state index contributed by atoms with van der Waals surface area (Å²) in [6.45, 7) is 2.39. The summed E-state index contributed by atoms with van der Waals surface area (Å²) in [5, 5.41) is 17.9. The first-order valence-corrected chi connectivity index (χ1v) is 13.9. The molecule has 2 aliphatic carbocycles. The Labute approximate surface area is 219 Å². The summed E-state index contributed by atoms with van der Waals surface area (Å²) in [5.41, 5.74) is 10.3. The fourth-order valence-electron chi connectivity index (χ4n) is 5.13. The lowest BCUT2D eigenvalue weighted by molar-refractivity contribution is -0.140. The van der Waals surface area contributed by atoms with Crippen LogP contribution in [-0.4, -0.2) is 39.2 Å². The van der Waals surface area contributed by atoms with Gasteiger partial charge in [-0.25, -0.2) is 4.39 Å². The number of hydrogen-bond donors (Lipinski definition) is 3. The molecule has 4 rings (SSSR count). The zero-order valence-corrected chi connectivity index (χ0v) is 22.1. The molecule has 0 aromatic heterocycles. The largest absolute Gasteiger partial charge is 0.481 e. The Morgan fingerprint density at radius 2 is 1.68 bits per heavy atom. The van der Waals surface area contributed by atoms with E-state index < -0.39 is 22.7 Å². The number of carboxylic acid groups (broad SMARTS) is 2. The Kier molecular flexibility index (Phi) is 9.56. The zero-order valence-electron chi connectivity index (χ0n) is 21.3. The maximum Gasteiger partial charge on any atom is 0.307 e. The molecular weight excluding hydrogens is 493 g/mol. The van der Waals surface area contributed by atoms with Crippen molar-refractivity contribution in [1.82, 2.24) is 0 Å². The second-order valence-electron chi connectivity index (χ2n) is 9.78. The Balaban J connectivity index is 0.000000266. The number of carbonyl (C=O) groups is 2. The fourth-order valence-corrected chi connectivity index (χ4v) is 5.65. The molecule has 0 heterocycles. The molecule has 1 unspecified atom stereocenters. The van der Waals surface area contributed by atoms with E-state index >= 15 is 0 Å². The second kappa shape index (κ2) is 12.4. The molecule has 2 aromatic rings. The van der Waals surface area contributed by atoms with Crippen LogP contribution in [0.5, 0.6) is 0 Å². The minimum atomic E-state index is -1.04. The predicted octanol–water partition coefficient (Wildman–Crippen LogP) is 5.74. The van der Waals surface area contributed by atoms with Crippen molar-refractivity contribution in [2.45, 2.75) is 56.8 Å². The van der Waals surface area contributed by atoms with Crippen LogP contribution in [0.3, 0.4) is 0 Å². The van der Waals surface area contributed by atoms with Crippen molar-refractivity contribution in [3.05, 3.63) is 70.5 Å². The molecular formula is C29H34FNO5S. The van der Waals surface area contributed by atoms with Crippen molar-refractivity contribution in [3.8, 4) is 0 Å². The van der Waals surface area contributed by atoms with Gasteiger partial charge in [-0.3, -0.25) is 13.8 Å². The molecule has 0 saturated heterocycles. The van der Waals surface area contributed by atoms with Gasteiger partial charge in [0.25, 0.3) is 0 Å². The van der Waals surface area contributed by atoms with Crippen LogP contribution in [0.15, 0.2) is 52.9 Å². The summed E-state index contributed by atoms with van der Waals surface area (Å²) in [7, 11) is -1.04. The first-order valence-electron chi connectivity index (χ1n) is 12.3. The lowest BCUT2D eigenvalue weighted by Gasteiger charge is -2.34. The van der Waals surface area contributed by atoms with Crippen molar-refractivity contribution in [1.29, 1.82) is 0 Å². The number of allylic oxidation sites excluding steroid dienone is 2. The van der Waals surface area contributed by atoms with E-state index in [1.807, 2.05) is 25.1 Å². The third-order valence-corrected chi connectivity index (χ3v) is 8.11. The number of carboxylic acids is 2. The highest BCUT2D eigenvalue weighted by molar-refractivity contribution is 7.84. The molecule has 6 nitrogen and oxygen atoms in total. The first kappa shape index (κ1) is 28.5. The van der Waals surface area contributed by atoms with Gasteiger partial charge >= 0.3 is 11.9 Å². The molecule has 4 N–H and O–H groups in total. The topological polar surface area (TPSA) is 118 Å². The van der Waals surface area contributed by atoms with E-state index in [4.69, 9.17) is 15.9 Å². The smallest absolute Gasteiger partial charge is 0.307 e. The Hall–Kier alpha value is -3.10. The number of aliphatic carboxylic acids is 2. The minimum absolute atomic E-state index is 0.0793. The van der Waals surface area contributed by atoms with E-state index in [1.54, 1.807) is 24.5 Å². The average Bonchev–Trinajstić information content (AvgIpc) is 3.09. The molecule has 1 saturated carbocycles. The monoisotopic (exact) mass is 527 g/mol. The SMILES string of the molecule is CC1=C(CC(=O)O)c2cc(F)ccc2/C1=C\c1ccc(S(C)=O)cc1.NCC1(CC(=O)O)CCCCC1. The molecule has 1 fully saturated rings. The van der Waals surface area contributed by atoms with Crippen molar-refractivity contribution in [2.24, 2.45) is 11.1 Å². The van der Waals surface area contributed by atoms with Crippen LogP contribution < -0.4 is 5.73 Å². The van der Waals surface area contributed by atoms with E-state index in [-0.39, 0.29) is 24.1 Å². The van der Waals surface area contributed by atoms with Crippen molar-refractivity contribution >= 4 is 40.0 Å². The normalized spacial score (nSPS) is 18.1. The number of rotatable bonds is 7. The third-order valence-electron chi connectivity index (χ3n) is 7.18. The molecule has 37 heavy (non-hydrogen) atoms. The Morgan fingerprint density at radius 3 is 2.22 bits per heavy atom. The Bertz CT molecular complexity index is 1240. The fraction of sp³-hybridized carbons (Fsp3) is 0.379. The van der Waals surface area contributed by atoms with Crippen molar-refractivity contribution < 1.29 is 28.4 Å². The number of benzene rings is 2. The van der Waals surface area contributed by atoms with Crippen LogP contribution >= 0.6 is 0 Å². The lowest BCUT2D eigenvalue weighted by atomic mass is 9.72. The predicted molar refractivity (Wildman–Crippen MR) is 145 cm³/mol. The standard InChI is InChI=1S/C20H17FO3S.C9H17NO2/c1-12-17(9-13-3-6-15(7-4-13)25(2)24)16-8-5-14(21)10-19(16)18(12)11-20(22)23;10-7-9(6-8(11)12)4-2-1-3-5-9/h3-10H,11H2,1-2H3,(H,22,23);1-7,10H2,(H,11,12)/b17-9-;. The van der Waals surface area contributed by atoms with Crippen LogP contribution in [-0.2, 0) is 20.4 Å². The average molecular weight is 528 g/mol. The molecule has 0 radical (unpaired) electrons. The Morgan fingerprint density at radius 1 is 1.03 bits per heavy atom. The van der Waals surface area contributed by atoms with Gasteiger partial charge in [0.15, 0.2) is 0 Å². The van der Waals surface area contributed by atoms with E-state index in [2.05, 4.69) is 0 Å². The summed E-state index contributed by atoms with van der Waals surface area (Å²) in [4.78, 5) is 22.5. The molecule has 0 bridgehead atoms. The highest BCUT2D eigenvalue weighted by Crippen LogP contribution is 2.44. The summed E-state index contributed by atoms with van der Waals surface area (Å²) in [6, 6.07) is 11.8. The van der Waals surface area contributed by atoms with Gasteiger partial charge in [-0.1, -0.05) is 37.5 Å². The maximum absolute atomic E-state index is 13.7. The molecule has 2 aromatic carbocycles. The molecule has 198 valence electrons. The van der Waals surface area contributed by atoms with E-state index in [9.17, 15) is 18.2 Å². The third kappa shape index (κ3) is 7.23. The van der Waals surface area contributed by atoms with Crippen molar-refractivity contribution in [2.75, 3.05) is 12.8 Å². The van der Waals surface area contributed by atoms with Crippen LogP contribution in [0.2, 0.25) is 0 Å². The highest BCUT2D eigenvalue weighted by atomic mass is 32.2. The minimum Gasteiger partial charge on any atom is -0.481 e. The lowest BCUT2D eigenvalue weighted by Crippen LogP contribution is -2.34. The number of halogens is 1. The van der Waals surface area contributed by atoms with Gasteiger partial charge in [0.1, 0.15) is 5.82 Å². The number of fused-ring (bicyclic) bond motifs is 1. The summed E-state index contributed by atoms with van der Waals surface area (Å²) >= 11 is 0. The zero-order chi connectivity index (χ0) is 27.2. The van der Waals surface area contributed by atoms with Gasteiger partial charge in [0, 0.05) is 22.0 Å². The van der Waals surface area contributed by atoms with Gasteiger partial charge in [0.05, 0.1) is 12.8 Å². The van der Waals surface area contributed by atoms with Crippen LogP contribution in [0.25, 0.3) is 17.2 Å². The first-order chi connectivity index (χ1) is 17.5. The van der Waals surface area contributed by atoms with E-state index in [0.717, 1.165) is 52.9 Å². The summed E-state index contributed by atoms with van der Waals surface area (Å²) in [5.74, 6) is -2.03. The van der Waals surface area contributed by atoms with Gasteiger partial charge < -0.3 is 15.9 Å². The molecule has 8 heteroatoms. The second-order valence-corrected chi connectivity index (χ2v) is 11.2. The van der Waals surface area contributed by atoms with Gasteiger partial charge in [-0.15, -0.1) is 0 Å². The van der Waals surface area contributed by atoms with Crippen molar-refractivity contribution in [3.63, 3.8) is 0 Å². The highest BCUT2D eigenvalue weighted by Gasteiger charge is 2.32. The molecule has 0 aliphatic heterocycles. The number of nitrogens with two attached hydrogens (primary N) is 1. The number of hydrogen-bond acceptors (Lipinski definition) is 4. The van der Waals surface area contributed by atoms with Crippen LogP contribution in [0, 0.1) is 11.2 Å². The van der Waals surface area contributed by atoms with Gasteiger partial charge in [-0.2, -0.15) is 0 Å². The van der Waals surface area contributed by atoms with Crippen LogP contribution in [0.1, 0.15) is 68.6 Å². The van der Waals surface area contributed by atoms with Gasteiger partial charge in [-0.05, 0) is 95.5 Å². The molecule has 0 amide bonds. The molecule has 2 aliphatic rings. The molecule has 0 spiro atoms. The van der Waals surface area contributed by atoms with Crippen LogP contribution in [0.4, 0.5) is 4.39 Å². The van der Waals surface area contributed by atoms with E-state index in [1.165, 1.54) is 18.6 Å². The maximum atomic E-state index is 13.7. The molecule has 1 atom stereocenters. The summed E-state index contributed by atoms with van der Waals surface area (Å²) < 4.78 is 25.1. The quantitative estimate of drug-likeness (QED) is 0.423. The van der Waals surface area contributed by atoms with E-state index in [0.29, 0.717) is 17.7 Å². The van der Waals surface area contributed by atoms with Gasteiger partial charge in [0.2, 0.25) is 0 Å².